The maximum Gasteiger partial charge on any atom is 0.419 e. The van der Waals surface area contributed by atoms with Crippen molar-refractivity contribution in [2.45, 2.75) is 12.4 Å². The van der Waals surface area contributed by atoms with Gasteiger partial charge >= 0.3 is 18.3 Å². The van der Waals surface area contributed by atoms with E-state index in [0.717, 1.165) is 24.3 Å². The van der Waals surface area contributed by atoms with Crippen molar-refractivity contribution < 1.29 is 77.0 Å². The normalized spacial score (nSPS) is 11.0. The van der Waals surface area contributed by atoms with Crippen molar-refractivity contribution >= 4 is 35.1 Å². The Morgan fingerprint density at radius 3 is 1.37 bits per heavy atom. The van der Waals surface area contributed by atoms with Crippen molar-refractivity contribution in [3.05, 3.63) is 129 Å². The van der Waals surface area contributed by atoms with Gasteiger partial charge in [-0.2, -0.15) is 26.3 Å². The smallest absolute Gasteiger partial charge is 0.419 e. The van der Waals surface area contributed by atoms with E-state index in [0.29, 0.717) is 11.8 Å². The van der Waals surface area contributed by atoms with E-state index in [1.165, 1.54) is 12.1 Å². The minimum atomic E-state index is -5.14. The lowest BCUT2D eigenvalue weighted by Gasteiger charge is -2.12. The van der Waals surface area contributed by atoms with Crippen LogP contribution in [0, 0.1) is 34.9 Å². The highest BCUT2D eigenvalue weighted by molar-refractivity contribution is 6.05. The van der Waals surface area contributed by atoms with Gasteiger partial charge in [0.25, 0.3) is 17.7 Å². The topological polar surface area (TPSA) is 179 Å². The summed E-state index contributed by atoms with van der Waals surface area (Å²) in [7, 11) is 0. The second-order valence-electron chi connectivity index (χ2n) is 9.49. The number of nitrogen functional groups attached to an aromatic ring is 1. The number of halogens is 12. The molecular weight excluding hydrogens is 724 g/mol. The molecule has 0 saturated heterocycles. The molecule has 4 rings (SSSR count). The quantitative estimate of drug-likeness (QED) is 0.113. The number of alkyl halides is 6. The highest BCUT2D eigenvalue weighted by Gasteiger charge is 2.38. The van der Waals surface area contributed by atoms with Gasteiger partial charge in [-0.3, -0.25) is 14.4 Å². The number of carbonyl (C=O) groups is 4. The number of nitrogens with one attached hydrogen (secondary N) is 1. The molecular formula is C30H18F12N4O5. The number of amides is 3. The molecule has 0 aromatic heterocycles. The van der Waals surface area contributed by atoms with E-state index in [9.17, 15) is 71.9 Å². The Balaban J connectivity index is 0.000000293. The van der Waals surface area contributed by atoms with Crippen molar-refractivity contribution in [2.24, 2.45) is 11.5 Å². The summed E-state index contributed by atoms with van der Waals surface area (Å²) in [6.45, 7) is 0. The van der Waals surface area contributed by atoms with E-state index >= 15 is 0 Å². The molecule has 0 heterocycles. The van der Waals surface area contributed by atoms with E-state index in [1.54, 1.807) is 0 Å². The molecule has 0 bridgehead atoms. The number of carboxylic acid groups (broad SMARTS) is 1. The Labute approximate surface area is 276 Å². The molecule has 9 nitrogen and oxygen atoms in total. The number of carboxylic acids is 1. The van der Waals surface area contributed by atoms with Crippen LogP contribution >= 0.6 is 0 Å². The van der Waals surface area contributed by atoms with Gasteiger partial charge in [0.2, 0.25) is 0 Å². The standard InChI is InChI=1S/C15H8F6N2O2.C8H3F5O2.C7H7FN2O/c16-9-3-1-6(5-7(9)13(22)24)23-14(25)11-10(17)4-2-8(12(11)18)15(19,20)21;9-4-2-1-3(8(11,12)13)6(10)5(4)7(14)15;8-6-2-1-4(9)3-5(6)7(10)11/h1-5H,(H2,22,24)(H,23,25);1-2H,(H,14,15);1-3H,9H2,(H2,10,11). The van der Waals surface area contributed by atoms with Gasteiger partial charge in [0.05, 0.1) is 22.3 Å². The van der Waals surface area contributed by atoms with Crippen LogP contribution in [-0.4, -0.2) is 28.8 Å². The third-order valence-electron chi connectivity index (χ3n) is 5.98. The largest absolute Gasteiger partial charge is 0.477 e. The Hall–Kier alpha value is -6.28. The van der Waals surface area contributed by atoms with Crippen LogP contribution in [0.1, 0.15) is 52.6 Å². The zero-order chi connectivity index (χ0) is 39.2. The van der Waals surface area contributed by atoms with Gasteiger partial charge in [0, 0.05) is 11.4 Å². The first-order valence-electron chi connectivity index (χ1n) is 13.0. The number of rotatable bonds is 5. The molecule has 0 aliphatic carbocycles. The molecule has 4 aromatic carbocycles. The van der Waals surface area contributed by atoms with Crippen molar-refractivity contribution in [3.63, 3.8) is 0 Å². The van der Waals surface area contributed by atoms with Gasteiger partial charge in [0.15, 0.2) is 11.6 Å². The molecule has 0 fully saturated rings. The number of hydrogen-bond acceptors (Lipinski definition) is 5. The van der Waals surface area contributed by atoms with Crippen molar-refractivity contribution in [2.75, 3.05) is 11.1 Å². The van der Waals surface area contributed by atoms with Crippen molar-refractivity contribution in [1.29, 1.82) is 0 Å². The lowest BCUT2D eigenvalue weighted by atomic mass is 10.1. The summed E-state index contributed by atoms with van der Waals surface area (Å²) in [5, 5.41) is 10.2. The van der Waals surface area contributed by atoms with Crippen LogP contribution in [0.2, 0.25) is 0 Å². The fourth-order valence-corrected chi connectivity index (χ4v) is 3.66. The first-order chi connectivity index (χ1) is 23.4. The lowest BCUT2D eigenvalue weighted by Crippen LogP contribution is -2.20. The second kappa shape index (κ2) is 16.0. The van der Waals surface area contributed by atoms with Gasteiger partial charge < -0.3 is 27.6 Å². The predicted molar refractivity (Wildman–Crippen MR) is 152 cm³/mol. The molecule has 0 unspecified atom stereocenters. The Morgan fingerprint density at radius 2 is 0.961 bits per heavy atom. The number of anilines is 2. The Kier molecular flexibility index (Phi) is 12.8. The summed E-state index contributed by atoms with van der Waals surface area (Å²) in [4.78, 5) is 43.7. The number of aromatic carboxylic acids is 1. The molecule has 8 N–H and O–H groups in total. The number of carbonyl (C=O) groups excluding carboxylic acids is 3. The molecule has 3 amide bonds. The first-order valence-corrected chi connectivity index (χ1v) is 13.0. The summed E-state index contributed by atoms with van der Waals surface area (Å²) in [6, 6.07) is 6.99. The molecule has 0 atom stereocenters. The molecule has 0 spiro atoms. The van der Waals surface area contributed by atoms with Gasteiger partial charge in [-0.05, 0) is 60.7 Å². The second-order valence-corrected chi connectivity index (χ2v) is 9.49. The molecule has 0 aliphatic heterocycles. The van der Waals surface area contributed by atoms with Gasteiger partial charge in [-0.15, -0.1) is 0 Å². The minimum absolute atomic E-state index is 0.150. The number of hydrogen-bond donors (Lipinski definition) is 5. The maximum atomic E-state index is 13.9. The SMILES string of the molecule is NC(=O)c1cc(N)ccc1F.NC(=O)c1cc(NC(=O)c2c(F)ccc(C(F)(F)F)c2F)ccc1F.O=C(O)c1c(F)ccc(C(F)(F)F)c1F. The van der Waals surface area contributed by atoms with Gasteiger partial charge in [-0.25, -0.2) is 31.1 Å². The Bertz CT molecular complexity index is 2000. The molecule has 51 heavy (non-hydrogen) atoms. The average Bonchev–Trinajstić information content (AvgIpc) is 2.98. The highest BCUT2D eigenvalue weighted by atomic mass is 19.4. The minimum Gasteiger partial charge on any atom is -0.477 e. The average molecular weight is 742 g/mol. The molecule has 0 saturated carbocycles. The zero-order valence-electron chi connectivity index (χ0n) is 24.6. The van der Waals surface area contributed by atoms with E-state index in [4.69, 9.17) is 22.3 Å². The highest BCUT2D eigenvalue weighted by Crippen LogP contribution is 2.34. The van der Waals surface area contributed by atoms with Crippen molar-refractivity contribution in [3.8, 4) is 0 Å². The fourth-order valence-electron chi connectivity index (χ4n) is 3.66. The number of primary amides is 2. The predicted octanol–water partition coefficient (Wildman–Crippen LogP) is 6.66. The van der Waals surface area contributed by atoms with Crippen LogP contribution < -0.4 is 22.5 Å². The van der Waals surface area contributed by atoms with Crippen LogP contribution in [0.5, 0.6) is 0 Å². The summed E-state index contributed by atoms with van der Waals surface area (Å²) in [6.07, 6.45) is -10.2. The molecule has 272 valence electrons. The fraction of sp³-hybridized carbons (Fsp3) is 0.0667. The van der Waals surface area contributed by atoms with Crippen LogP contribution in [0.4, 0.5) is 64.1 Å². The monoisotopic (exact) mass is 742 g/mol. The van der Waals surface area contributed by atoms with Crippen LogP contribution in [0.25, 0.3) is 0 Å². The molecule has 4 aromatic rings. The summed E-state index contributed by atoms with van der Waals surface area (Å²) in [5.41, 5.74) is 7.56. The third-order valence-corrected chi connectivity index (χ3v) is 5.98. The van der Waals surface area contributed by atoms with Gasteiger partial charge in [-0.1, -0.05) is 0 Å². The maximum absolute atomic E-state index is 13.9. The number of benzene rings is 4. The number of nitrogens with two attached hydrogens (primary N) is 3. The van der Waals surface area contributed by atoms with E-state index in [-0.39, 0.29) is 29.4 Å². The van der Waals surface area contributed by atoms with Crippen molar-refractivity contribution in [1.82, 2.24) is 0 Å². The third kappa shape index (κ3) is 10.4. The van der Waals surface area contributed by atoms with E-state index < -0.39 is 98.8 Å². The zero-order valence-corrected chi connectivity index (χ0v) is 24.6. The van der Waals surface area contributed by atoms with Gasteiger partial charge in [0.1, 0.15) is 34.4 Å². The lowest BCUT2D eigenvalue weighted by molar-refractivity contribution is -0.141. The summed E-state index contributed by atoms with van der Waals surface area (Å²) >= 11 is 0. The summed E-state index contributed by atoms with van der Waals surface area (Å²) < 4.78 is 153. The summed E-state index contributed by atoms with van der Waals surface area (Å²) in [5.74, 6) is -14.6. The van der Waals surface area contributed by atoms with Crippen LogP contribution in [0.3, 0.4) is 0 Å². The van der Waals surface area contributed by atoms with E-state index in [2.05, 4.69) is 0 Å². The molecule has 0 aliphatic rings. The molecule has 0 radical (unpaired) electrons. The van der Waals surface area contributed by atoms with Crippen LogP contribution in [-0.2, 0) is 12.4 Å². The first kappa shape index (κ1) is 40.9. The van der Waals surface area contributed by atoms with E-state index in [1.807, 2.05) is 5.32 Å². The molecule has 21 heteroatoms. The Morgan fingerprint density at radius 1 is 0.569 bits per heavy atom. The van der Waals surface area contributed by atoms with Crippen LogP contribution in [0.15, 0.2) is 60.7 Å².